The van der Waals surface area contributed by atoms with Crippen LogP contribution < -0.4 is 5.56 Å². The predicted octanol–water partition coefficient (Wildman–Crippen LogP) is 3.01. The van der Waals surface area contributed by atoms with Crippen LogP contribution in [0.1, 0.15) is 0 Å². The molecule has 0 bridgehead atoms. The van der Waals surface area contributed by atoms with Crippen molar-refractivity contribution in [3.05, 3.63) is 32.0 Å². The Morgan fingerprint density at radius 1 is 1.50 bits per heavy atom. The summed E-state index contributed by atoms with van der Waals surface area (Å²) in [7, 11) is 0. The molecule has 2 nitrogen and oxygen atoms in total. The van der Waals surface area contributed by atoms with Gasteiger partial charge in [-0.05, 0) is 12.1 Å². The summed E-state index contributed by atoms with van der Waals surface area (Å²) in [5.74, 6) is 0. The van der Waals surface area contributed by atoms with Gasteiger partial charge >= 0.3 is 0 Å². The molecule has 0 saturated carbocycles. The first-order chi connectivity index (χ1) is 5.68. The first-order valence-corrected chi connectivity index (χ1v) is 5.13. The quantitative estimate of drug-likeness (QED) is 0.779. The van der Waals surface area contributed by atoms with E-state index in [4.69, 9.17) is 11.6 Å². The number of benzene rings is 1. The number of hydrogen-bond donors (Lipinski definition) is 1. The molecule has 0 unspecified atom stereocenters. The van der Waals surface area contributed by atoms with Crippen LogP contribution in [0.3, 0.4) is 0 Å². The van der Waals surface area contributed by atoms with Gasteiger partial charge in [0, 0.05) is 4.47 Å². The molecule has 1 aromatic carbocycles. The van der Waals surface area contributed by atoms with E-state index in [1.807, 2.05) is 6.07 Å². The minimum Gasteiger partial charge on any atom is -0.277 e. The molecular weight excluding hydrogens is 262 g/mol. The molecule has 0 aliphatic rings. The molecule has 5 heteroatoms. The van der Waals surface area contributed by atoms with Gasteiger partial charge in [0.2, 0.25) is 0 Å². The molecule has 0 aliphatic carbocycles. The molecule has 1 heterocycles. The number of nitrogens with one attached hydrogen (secondary N) is 1. The maximum Gasteiger partial charge on any atom is 0.267 e. The summed E-state index contributed by atoms with van der Waals surface area (Å²) in [5.41, 5.74) is -0.118. The number of aromatic nitrogens is 1. The Balaban J connectivity index is 3.03. The standard InChI is InChI=1S/C7H3BrClNOS/c8-3-1-4(9)6-5(2-3)12-10-7(6)11/h1-2H,(H,10,11). The summed E-state index contributed by atoms with van der Waals surface area (Å²) in [6.07, 6.45) is 0. The Morgan fingerprint density at radius 3 is 3.00 bits per heavy atom. The molecule has 0 spiro atoms. The average molecular weight is 265 g/mol. The Kier molecular flexibility index (Phi) is 1.98. The minimum atomic E-state index is -0.118. The lowest BCUT2D eigenvalue weighted by atomic mass is 10.3. The van der Waals surface area contributed by atoms with Gasteiger partial charge in [0.15, 0.2) is 0 Å². The normalized spacial score (nSPS) is 10.8. The number of H-pyrrole nitrogens is 1. The molecule has 2 rings (SSSR count). The van der Waals surface area contributed by atoms with Crippen molar-refractivity contribution < 1.29 is 0 Å². The van der Waals surface area contributed by atoms with Gasteiger partial charge in [-0.2, -0.15) is 0 Å². The van der Waals surface area contributed by atoms with Crippen LogP contribution in [0.5, 0.6) is 0 Å². The predicted molar refractivity (Wildman–Crippen MR) is 55.2 cm³/mol. The van der Waals surface area contributed by atoms with Crippen molar-refractivity contribution in [1.29, 1.82) is 0 Å². The summed E-state index contributed by atoms with van der Waals surface area (Å²) in [4.78, 5) is 11.2. The topological polar surface area (TPSA) is 32.9 Å². The zero-order chi connectivity index (χ0) is 8.72. The summed E-state index contributed by atoms with van der Waals surface area (Å²) in [6.45, 7) is 0. The lowest BCUT2D eigenvalue weighted by Gasteiger charge is -1.92. The molecule has 0 amide bonds. The SMILES string of the molecule is O=c1[nH]sc2cc(Br)cc(Cl)c12. The van der Waals surface area contributed by atoms with Gasteiger partial charge in [-0.1, -0.05) is 39.1 Å². The molecular formula is C7H3BrClNOS. The van der Waals surface area contributed by atoms with Gasteiger partial charge in [0.25, 0.3) is 5.56 Å². The van der Waals surface area contributed by atoms with Gasteiger partial charge in [0.05, 0.1) is 15.1 Å². The van der Waals surface area contributed by atoms with E-state index < -0.39 is 0 Å². The first kappa shape index (κ1) is 8.29. The fraction of sp³-hybridized carbons (Fsp3) is 0. The third kappa shape index (κ3) is 1.20. The highest BCUT2D eigenvalue weighted by molar-refractivity contribution is 9.10. The van der Waals surface area contributed by atoms with Crippen LogP contribution in [0.4, 0.5) is 0 Å². The molecule has 12 heavy (non-hydrogen) atoms. The second-order valence-corrected chi connectivity index (χ2v) is 4.46. The van der Waals surface area contributed by atoms with E-state index in [0.717, 1.165) is 9.17 Å². The number of rotatable bonds is 0. The maximum atomic E-state index is 11.2. The van der Waals surface area contributed by atoms with Gasteiger partial charge in [-0.3, -0.25) is 9.17 Å². The van der Waals surface area contributed by atoms with Crippen LogP contribution in [0.25, 0.3) is 10.1 Å². The average Bonchev–Trinajstić information content (AvgIpc) is 2.31. The van der Waals surface area contributed by atoms with Crippen molar-refractivity contribution in [2.75, 3.05) is 0 Å². The molecule has 62 valence electrons. The number of fused-ring (bicyclic) bond motifs is 1. The Labute approximate surface area is 85.4 Å². The Hall–Kier alpha value is -0.320. The van der Waals surface area contributed by atoms with Crippen molar-refractivity contribution >= 4 is 49.1 Å². The third-order valence-electron chi connectivity index (χ3n) is 1.50. The highest BCUT2D eigenvalue weighted by Crippen LogP contribution is 2.27. The van der Waals surface area contributed by atoms with Crippen LogP contribution in [0, 0.1) is 0 Å². The molecule has 0 fully saturated rings. The van der Waals surface area contributed by atoms with E-state index in [1.54, 1.807) is 6.07 Å². The third-order valence-corrected chi connectivity index (χ3v) is 3.08. The van der Waals surface area contributed by atoms with Crippen molar-refractivity contribution in [3.8, 4) is 0 Å². The molecule has 1 aromatic heterocycles. The van der Waals surface area contributed by atoms with Gasteiger partial charge in [0.1, 0.15) is 0 Å². The second kappa shape index (κ2) is 2.87. The largest absolute Gasteiger partial charge is 0.277 e. The van der Waals surface area contributed by atoms with Crippen LogP contribution >= 0.6 is 39.1 Å². The second-order valence-electron chi connectivity index (χ2n) is 2.29. The van der Waals surface area contributed by atoms with E-state index in [2.05, 4.69) is 20.3 Å². The molecule has 0 saturated heterocycles. The van der Waals surface area contributed by atoms with Crippen LogP contribution in [0.2, 0.25) is 5.02 Å². The van der Waals surface area contributed by atoms with E-state index in [-0.39, 0.29) is 5.56 Å². The molecule has 0 radical (unpaired) electrons. The number of aromatic amines is 1. The summed E-state index contributed by atoms with van der Waals surface area (Å²) in [5, 5.41) is 1.06. The minimum absolute atomic E-state index is 0.118. The number of halogens is 2. The zero-order valence-electron chi connectivity index (χ0n) is 5.73. The lowest BCUT2D eigenvalue weighted by Crippen LogP contribution is -1.96. The van der Waals surface area contributed by atoms with Crippen LogP contribution in [0.15, 0.2) is 21.4 Å². The van der Waals surface area contributed by atoms with E-state index in [9.17, 15) is 4.79 Å². The highest BCUT2D eigenvalue weighted by Gasteiger charge is 2.06. The van der Waals surface area contributed by atoms with E-state index in [1.165, 1.54) is 11.5 Å². The van der Waals surface area contributed by atoms with E-state index >= 15 is 0 Å². The summed E-state index contributed by atoms with van der Waals surface area (Å²) in [6, 6.07) is 3.58. The fourth-order valence-electron chi connectivity index (χ4n) is 1.00. The van der Waals surface area contributed by atoms with Gasteiger partial charge in [-0.15, -0.1) is 0 Å². The van der Waals surface area contributed by atoms with E-state index in [0.29, 0.717) is 10.4 Å². The molecule has 0 atom stereocenters. The van der Waals surface area contributed by atoms with Crippen LogP contribution in [-0.4, -0.2) is 4.37 Å². The molecule has 0 aliphatic heterocycles. The zero-order valence-corrected chi connectivity index (χ0v) is 8.89. The van der Waals surface area contributed by atoms with Gasteiger partial charge in [-0.25, -0.2) is 0 Å². The number of hydrogen-bond acceptors (Lipinski definition) is 2. The molecule has 2 aromatic rings. The first-order valence-electron chi connectivity index (χ1n) is 3.15. The van der Waals surface area contributed by atoms with Crippen molar-refractivity contribution in [1.82, 2.24) is 4.37 Å². The summed E-state index contributed by atoms with van der Waals surface area (Å²) >= 11 is 10.5. The lowest BCUT2D eigenvalue weighted by molar-refractivity contribution is 1.46. The van der Waals surface area contributed by atoms with Crippen molar-refractivity contribution in [2.24, 2.45) is 0 Å². The Morgan fingerprint density at radius 2 is 2.25 bits per heavy atom. The summed E-state index contributed by atoms with van der Waals surface area (Å²) < 4.78 is 4.38. The van der Waals surface area contributed by atoms with Gasteiger partial charge < -0.3 is 0 Å². The van der Waals surface area contributed by atoms with Crippen LogP contribution in [-0.2, 0) is 0 Å². The molecule has 1 N–H and O–H groups in total. The fourth-order valence-corrected chi connectivity index (χ4v) is 2.90. The smallest absolute Gasteiger partial charge is 0.267 e. The van der Waals surface area contributed by atoms with Crippen molar-refractivity contribution in [2.45, 2.75) is 0 Å². The Bertz CT molecular complexity index is 490. The monoisotopic (exact) mass is 263 g/mol. The maximum absolute atomic E-state index is 11.2. The highest BCUT2D eigenvalue weighted by atomic mass is 79.9. The van der Waals surface area contributed by atoms with Crippen molar-refractivity contribution in [3.63, 3.8) is 0 Å².